The number of carbonyl (C=O) groups excluding carboxylic acids is 3. The fourth-order valence-electron chi connectivity index (χ4n) is 2.49. The molecule has 0 spiro atoms. The molecule has 0 radical (unpaired) electrons. The Kier molecular flexibility index (Phi) is 7.24. The van der Waals surface area contributed by atoms with E-state index in [1.807, 2.05) is 0 Å². The zero-order valence-corrected chi connectivity index (χ0v) is 17.5. The van der Waals surface area contributed by atoms with E-state index in [9.17, 15) is 27.6 Å². The minimum absolute atomic E-state index is 0.0311. The van der Waals surface area contributed by atoms with Crippen molar-refractivity contribution in [2.75, 3.05) is 18.5 Å². The van der Waals surface area contributed by atoms with Crippen molar-refractivity contribution >= 4 is 34.2 Å². The van der Waals surface area contributed by atoms with E-state index >= 15 is 0 Å². The van der Waals surface area contributed by atoms with Crippen LogP contribution in [-0.4, -0.2) is 40.8 Å². The minimum atomic E-state index is -4.72. The molecule has 0 saturated heterocycles. The normalized spacial score (nSPS) is 11.3. The number of carbonyl (C=O) groups is 3. The van der Waals surface area contributed by atoms with Gasteiger partial charge in [0.05, 0.1) is 18.8 Å². The number of thiophene rings is 1. The van der Waals surface area contributed by atoms with Crippen LogP contribution in [0.4, 0.5) is 18.2 Å². The summed E-state index contributed by atoms with van der Waals surface area (Å²) in [6.07, 6.45) is -4.17. The summed E-state index contributed by atoms with van der Waals surface area (Å²) in [6, 6.07) is 0.594. The van der Waals surface area contributed by atoms with Gasteiger partial charge in [-0.05, 0) is 25.8 Å². The van der Waals surface area contributed by atoms with E-state index < -0.39 is 29.7 Å². The van der Waals surface area contributed by atoms with E-state index in [1.165, 1.54) is 14.0 Å². The Labute approximate surface area is 174 Å². The number of nitrogens with zero attached hydrogens (tertiary/aromatic N) is 2. The van der Waals surface area contributed by atoms with Gasteiger partial charge in [0.2, 0.25) is 0 Å². The number of anilines is 1. The van der Waals surface area contributed by atoms with Crippen LogP contribution in [0.1, 0.15) is 62.0 Å². The molecule has 0 saturated carbocycles. The zero-order chi connectivity index (χ0) is 22.6. The Balaban J connectivity index is 2.43. The van der Waals surface area contributed by atoms with Crippen molar-refractivity contribution in [3.8, 4) is 0 Å². The molecule has 0 fully saturated rings. The number of rotatable bonds is 7. The second-order valence-electron chi connectivity index (χ2n) is 6.11. The number of esters is 2. The first kappa shape index (κ1) is 23.4. The van der Waals surface area contributed by atoms with Gasteiger partial charge in [0.1, 0.15) is 15.6 Å². The van der Waals surface area contributed by atoms with Crippen molar-refractivity contribution in [2.24, 2.45) is 7.05 Å². The van der Waals surface area contributed by atoms with Gasteiger partial charge < -0.3 is 14.8 Å². The molecule has 2 heterocycles. The largest absolute Gasteiger partial charge is 0.462 e. The van der Waals surface area contributed by atoms with Crippen LogP contribution in [-0.2, 0) is 22.7 Å². The molecule has 0 aliphatic rings. The lowest BCUT2D eigenvalue weighted by molar-refractivity contribution is -0.141. The highest BCUT2D eigenvalue weighted by Gasteiger charge is 2.36. The van der Waals surface area contributed by atoms with Gasteiger partial charge >= 0.3 is 18.1 Å². The molecular weight excluding hydrogens is 427 g/mol. The van der Waals surface area contributed by atoms with Gasteiger partial charge in [-0.2, -0.15) is 18.3 Å². The molecule has 1 amide bonds. The number of aromatic nitrogens is 2. The Morgan fingerprint density at radius 1 is 1.20 bits per heavy atom. The average molecular weight is 447 g/mol. The average Bonchev–Trinajstić information content (AvgIpc) is 3.20. The Morgan fingerprint density at radius 2 is 1.87 bits per heavy atom. The van der Waals surface area contributed by atoms with Crippen molar-refractivity contribution in [1.29, 1.82) is 0 Å². The molecule has 0 unspecified atom stereocenters. The van der Waals surface area contributed by atoms with E-state index in [2.05, 4.69) is 10.4 Å². The summed E-state index contributed by atoms with van der Waals surface area (Å²) < 4.78 is 49.4. The highest BCUT2D eigenvalue weighted by molar-refractivity contribution is 7.18. The third-order valence-electron chi connectivity index (χ3n) is 3.88. The maximum Gasteiger partial charge on any atom is 0.435 e. The molecule has 164 valence electrons. The summed E-state index contributed by atoms with van der Waals surface area (Å²) in [5.41, 5.74) is -1.41. The van der Waals surface area contributed by atoms with Gasteiger partial charge in [0.15, 0.2) is 5.69 Å². The van der Waals surface area contributed by atoms with Crippen molar-refractivity contribution in [3.05, 3.63) is 33.5 Å². The van der Waals surface area contributed by atoms with Gasteiger partial charge in [-0.25, -0.2) is 9.59 Å². The van der Waals surface area contributed by atoms with Crippen molar-refractivity contribution in [3.63, 3.8) is 0 Å². The lowest BCUT2D eigenvalue weighted by Crippen LogP contribution is -2.17. The number of nitrogens with one attached hydrogen (secondary N) is 1. The molecule has 0 atom stereocenters. The Hall–Kier alpha value is -2.89. The number of hydrogen-bond donors (Lipinski definition) is 1. The molecule has 2 rings (SSSR count). The maximum atomic E-state index is 12.9. The van der Waals surface area contributed by atoms with E-state index in [4.69, 9.17) is 9.47 Å². The van der Waals surface area contributed by atoms with E-state index in [-0.39, 0.29) is 39.9 Å². The minimum Gasteiger partial charge on any atom is -0.462 e. The van der Waals surface area contributed by atoms with Gasteiger partial charge in [-0.15, -0.1) is 11.3 Å². The number of alkyl halides is 3. The van der Waals surface area contributed by atoms with E-state index in [1.54, 1.807) is 13.8 Å². The van der Waals surface area contributed by atoms with Crippen LogP contribution in [0.5, 0.6) is 0 Å². The highest BCUT2D eigenvalue weighted by Crippen LogP contribution is 2.35. The van der Waals surface area contributed by atoms with Crippen LogP contribution < -0.4 is 5.32 Å². The SMILES string of the molecule is CCCOC(=O)c1c(NC(=O)c2cc(C(F)(F)F)nn2C)sc(C(=O)OCC)c1C. The fourth-order valence-corrected chi connectivity index (χ4v) is 3.57. The molecule has 0 aliphatic heterocycles. The standard InChI is InChI=1S/C18H20F3N3O5S/c1-5-7-29-16(26)12-9(3)13(17(27)28-6-2)30-15(12)22-14(25)10-8-11(18(19,20)21)23-24(10)4/h8H,5-7H2,1-4H3,(H,22,25). The molecule has 30 heavy (non-hydrogen) atoms. The number of hydrogen-bond acceptors (Lipinski definition) is 7. The molecule has 1 N–H and O–H groups in total. The molecule has 12 heteroatoms. The van der Waals surface area contributed by atoms with Crippen molar-refractivity contribution in [1.82, 2.24) is 9.78 Å². The monoisotopic (exact) mass is 447 g/mol. The summed E-state index contributed by atoms with van der Waals surface area (Å²) in [6.45, 7) is 5.12. The highest BCUT2D eigenvalue weighted by atomic mass is 32.1. The van der Waals surface area contributed by atoms with Gasteiger partial charge in [-0.1, -0.05) is 6.92 Å². The first-order valence-corrected chi connectivity index (χ1v) is 9.73. The number of amides is 1. The summed E-state index contributed by atoms with van der Waals surface area (Å²) in [5.74, 6) is -2.39. The number of aryl methyl sites for hydroxylation is 1. The molecule has 0 aromatic carbocycles. The van der Waals surface area contributed by atoms with Crippen LogP contribution in [0.15, 0.2) is 6.07 Å². The van der Waals surface area contributed by atoms with E-state index in [0.717, 1.165) is 16.0 Å². The van der Waals surface area contributed by atoms with Gasteiger partial charge in [0.25, 0.3) is 5.91 Å². The quantitative estimate of drug-likeness (QED) is 0.648. The smallest absolute Gasteiger partial charge is 0.435 e. The summed E-state index contributed by atoms with van der Waals surface area (Å²) in [4.78, 5) is 37.3. The van der Waals surface area contributed by atoms with Gasteiger partial charge in [-0.3, -0.25) is 9.48 Å². The second-order valence-corrected chi connectivity index (χ2v) is 7.13. The number of halogens is 3. The second kappa shape index (κ2) is 9.28. The third-order valence-corrected chi connectivity index (χ3v) is 5.07. The molecule has 2 aromatic rings. The lowest BCUT2D eigenvalue weighted by atomic mass is 10.1. The van der Waals surface area contributed by atoms with Crippen LogP contribution >= 0.6 is 11.3 Å². The van der Waals surface area contributed by atoms with Crippen LogP contribution in [0.25, 0.3) is 0 Å². The van der Waals surface area contributed by atoms with Gasteiger partial charge in [0, 0.05) is 13.1 Å². The van der Waals surface area contributed by atoms with Crippen molar-refractivity contribution in [2.45, 2.75) is 33.4 Å². The first-order valence-electron chi connectivity index (χ1n) is 8.91. The third kappa shape index (κ3) is 4.99. The lowest BCUT2D eigenvalue weighted by Gasteiger charge is -2.07. The zero-order valence-electron chi connectivity index (χ0n) is 16.7. The van der Waals surface area contributed by atoms with Crippen LogP contribution in [0, 0.1) is 6.92 Å². The summed E-state index contributed by atoms with van der Waals surface area (Å²) in [5, 5.41) is 5.65. The maximum absolute atomic E-state index is 12.9. The molecule has 2 aromatic heterocycles. The Morgan fingerprint density at radius 3 is 2.40 bits per heavy atom. The van der Waals surface area contributed by atoms with Crippen LogP contribution in [0.2, 0.25) is 0 Å². The van der Waals surface area contributed by atoms with Crippen molar-refractivity contribution < 1.29 is 37.0 Å². The fraction of sp³-hybridized carbons (Fsp3) is 0.444. The molecule has 0 aliphatic carbocycles. The summed E-state index contributed by atoms with van der Waals surface area (Å²) in [7, 11) is 1.18. The predicted octanol–water partition coefficient (Wildman–Crippen LogP) is 3.80. The Bertz CT molecular complexity index is 965. The topological polar surface area (TPSA) is 99.5 Å². The first-order chi connectivity index (χ1) is 14.0. The molecular formula is C18H20F3N3O5S. The molecule has 8 nitrogen and oxygen atoms in total. The van der Waals surface area contributed by atoms with Crippen LogP contribution in [0.3, 0.4) is 0 Å². The summed E-state index contributed by atoms with van der Waals surface area (Å²) >= 11 is 0.778. The molecule has 0 bridgehead atoms. The predicted molar refractivity (Wildman–Crippen MR) is 102 cm³/mol. The van der Waals surface area contributed by atoms with E-state index in [0.29, 0.717) is 12.5 Å². The number of ether oxygens (including phenoxy) is 2.